The number of ether oxygens (including phenoxy) is 1. The van der Waals surface area contributed by atoms with Gasteiger partial charge >= 0.3 is 5.97 Å². The number of amides is 1. The van der Waals surface area contributed by atoms with Gasteiger partial charge in [0, 0.05) is 5.69 Å². The summed E-state index contributed by atoms with van der Waals surface area (Å²) in [5.41, 5.74) is 6.82. The average molecular weight is 362 g/mol. The largest absolute Gasteiger partial charge is 0.452 e. The minimum atomic E-state index is -3.88. The molecule has 1 amide bonds. The summed E-state index contributed by atoms with van der Waals surface area (Å²) in [6.45, 7) is 2.90. The molecule has 0 spiro atoms. The first kappa shape index (κ1) is 18.5. The van der Waals surface area contributed by atoms with Crippen LogP contribution in [0.4, 0.5) is 5.69 Å². The number of hydrogen-bond donors (Lipinski definition) is 2. The number of carbonyl (C=O) groups excluding carboxylic acids is 2. The van der Waals surface area contributed by atoms with E-state index in [0.29, 0.717) is 11.3 Å². The monoisotopic (exact) mass is 362 g/mol. The number of sulfonamides is 1. The maximum absolute atomic E-state index is 12.5. The first-order valence-electron chi connectivity index (χ1n) is 7.34. The van der Waals surface area contributed by atoms with Crippen LogP contribution in [-0.2, 0) is 19.6 Å². The van der Waals surface area contributed by atoms with Gasteiger partial charge in [-0.1, -0.05) is 18.2 Å². The van der Waals surface area contributed by atoms with Crippen LogP contribution in [0.1, 0.15) is 21.5 Å². The van der Waals surface area contributed by atoms with Gasteiger partial charge in [0.05, 0.1) is 10.5 Å². The third-order valence-corrected chi connectivity index (χ3v) is 4.73. The van der Waals surface area contributed by atoms with E-state index in [1.54, 1.807) is 25.1 Å². The van der Waals surface area contributed by atoms with Gasteiger partial charge in [-0.25, -0.2) is 13.2 Å². The van der Waals surface area contributed by atoms with Gasteiger partial charge in [0.15, 0.2) is 6.61 Å². The van der Waals surface area contributed by atoms with Crippen molar-refractivity contribution in [2.45, 2.75) is 18.7 Å². The number of anilines is 1. The number of carbonyl (C=O) groups is 2. The molecule has 0 unspecified atom stereocenters. The summed E-state index contributed by atoms with van der Waals surface area (Å²) in [5, 5.41) is 0. The molecule has 0 aliphatic rings. The fourth-order valence-electron chi connectivity index (χ4n) is 2.13. The lowest BCUT2D eigenvalue weighted by Gasteiger charge is -2.11. The molecule has 132 valence electrons. The smallest absolute Gasteiger partial charge is 0.338 e. The molecule has 0 aliphatic heterocycles. The molecule has 0 saturated heterocycles. The second kappa shape index (κ2) is 7.35. The highest BCUT2D eigenvalue weighted by molar-refractivity contribution is 7.92. The lowest BCUT2D eigenvalue weighted by molar-refractivity contribution is -0.121. The molecule has 0 aliphatic carbocycles. The van der Waals surface area contributed by atoms with Gasteiger partial charge in [-0.05, 0) is 49.2 Å². The van der Waals surface area contributed by atoms with Gasteiger partial charge in [0.1, 0.15) is 0 Å². The summed E-state index contributed by atoms with van der Waals surface area (Å²) in [4.78, 5) is 22.6. The molecule has 0 radical (unpaired) electrons. The molecule has 0 aromatic heterocycles. The van der Waals surface area contributed by atoms with Crippen LogP contribution in [0.2, 0.25) is 0 Å². The van der Waals surface area contributed by atoms with Gasteiger partial charge in [0.25, 0.3) is 15.9 Å². The van der Waals surface area contributed by atoms with Crippen LogP contribution in [-0.4, -0.2) is 26.9 Å². The van der Waals surface area contributed by atoms with Crippen molar-refractivity contribution in [1.82, 2.24) is 0 Å². The maximum atomic E-state index is 12.5. The third-order valence-electron chi connectivity index (χ3n) is 3.36. The minimum absolute atomic E-state index is 0.0494. The molecule has 2 aromatic rings. The second-order valence-corrected chi connectivity index (χ2v) is 7.18. The Kier molecular flexibility index (Phi) is 5.43. The van der Waals surface area contributed by atoms with Gasteiger partial charge in [-0.3, -0.25) is 9.52 Å². The lowest BCUT2D eigenvalue weighted by atomic mass is 10.1. The Morgan fingerprint density at radius 2 is 1.84 bits per heavy atom. The summed E-state index contributed by atoms with van der Waals surface area (Å²) in [5.74, 6) is -1.61. The van der Waals surface area contributed by atoms with Crippen molar-refractivity contribution < 1.29 is 22.7 Å². The molecule has 0 heterocycles. The fraction of sp³-hybridized carbons (Fsp3) is 0.176. The van der Waals surface area contributed by atoms with Gasteiger partial charge in [-0.15, -0.1) is 0 Å². The summed E-state index contributed by atoms with van der Waals surface area (Å²) in [6.07, 6.45) is 0. The first-order valence-corrected chi connectivity index (χ1v) is 8.83. The van der Waals surface area contributed by atoms with Crippen LogP contribution in [0.3, 0.4) is 0 Å². The second-order valence-electron chi connectivity index (χ2n) is 5.49. The summed E-state index contributed by atoms with van der Waals surface area (Å²) >= 11 is 0. The number of rotatable bonds is 6. The van der Waals surface area contributed by atoms with Crippen LogP contribution in [0.25, 0.3) is 0 Å². The number of esters is 1. The van der Waals surface area contributed by atoms with E-state index < -0.39 is 28.5 Å². The maximum Gasteiger partial charge on any atom is 0.338 e. The number of hydrogen-bond acceptors (Lipinski definition) is 5. The number of benzene rings is 2. The Labute approximate surface area is 145 Å². The minimum Gasteiger partial charge on any atom is -0.452 e. The summed E-state index contributed by atoms with van der Waals surface area (Å²) in [7, 11) is -3.88. The van der Waals surface area contributed by atoms with Crippen LogP contribution in [0, 0.1) is 13.8 Å². The zero-order valence-electron chi connectivity index (χ0n) is 13.8. The highest BCUT2D eigenvalue weighted by atomic mass is 32.2. The number of aryl methyl sites for hydroxylation is 2. The van der Waals surface area contributed by atoms with Crippen LogP contribution < -0.4 is 10.5 Å². The Bertz CT molecular complexity index is 922. The van der Waals surface area contributed by atoms with Crippen molar-refractivity contribution in [1.29, 1.82) is 0 Å². The topological polar surface area (TPSA) is 116 Å². The lowest BCUT2D eigenvalue weighted by Crippen LogP contribution is -2.21. The van der Waals surface area contributed by atoms with Crippen molar-refractivity contribution in [2.24, 2.45) is 5.73 Å². The van der Waals surface area contributed by atoms with Gasteiger partial charge < -0.3 is 10.5 Å². The van der Waals surface area contributed by atoms with E-state index in [1.807, 2.05) is 13.0 Å². The van der Waals surface area contributed by atoms with Crippen molar-refractivity contribution in [3.63, 3.8) is 0 Å². The molecule has 25 heavy (non-hydrogen) atoms. The number of primary amides is 1. The van der Waals surface area contributed by atoms with Crippen LogP contribution in [0.15, 0.2) is 47.4 Å². The normalized spacial score (nSPS) is 11.0. The molecule has 0 atom stereocenters. The van der Waals surface area contributed by atoms with E-state index in [0.717, 1.165) is 5.56 Å². The van der Waals surface area contributed by atoms with E-state index in [1.165, 1.54) is 18.2 Å². The SMILES string of the molecule is Cc1cccc(NS(=O)(=O)c2ccc(C)c(C(=O)OCC(N)=O)c2)c1. The molecule has 8 heteroatoms. The Balaban J connectivity index is 2.31. The van der Waals surface area contributed by atoms with Crippen molar-refractivity contribution >= 4 is 27.6 Å². The first-order chi connectivity index (χ1) is 11.7. The predicted molar refractivity (Wildman–Crippen MR) is 92.6 cm³/mol. The quantitative estimate of drug-likeness (QED) is 0.760. The van der Waals surface area contributed by atoms with Gasteiger partial charge in [-0.2, -0.15) is 0 Å². The predicted octanol–water partition coefficient (Wildman–Crippen LogP) is 1.75. The molecule has 7 nitrogen and oxygen atoms in total. The standard InChI is InChI=1S/C17H18N2O5S/c1-11-4-3-5-13(8-11)19-25(22,23)14-7-6-12(2)15(9-14)17(21)24-10-16(18)20/h3-9,19H,10H2,1-2H3,(H2,18,20). The molecule has 0 bridgehead atoms. The molecule has 0 saturated carbocycles. The number of nitrogens with one attached hydrogen (secondary N) is 1. The van der Waals surface area contributed by atoms with Crippen LogP contribution >= 0.6 is 0 Å². The Hall–Kier alpha value is -2.87. The third kappa shape index (κ3) is 4.80. The highest BCUT2D eigenvalue weighted by Gasteiger charge is 2.19. The molecule has 2 aromatic carbocycles. The van der Waals surface area contributed by atoms with E-state index in [9.17, 15) is 18.0 Å². The van der Waals surface area contributed by atoms with Crippen molar-refractivity contribution in [3.05, 3.63) is 59.2 Å². The Morgan fingerprint density at radius 3 is 2.48 bits per heavy atom. The summed E-state index contributed by atoms with van der Waals surface area (Å²) < 4.78 is 32.3. The fourth-order valence-corrected chi connectivity index (χ4v) is 3.20. The molecule has 3 N–H and O–H groups in total. The Morgan fingerprint density at radius 1 is 1.12 bits per heavy atom. The van der Waals surface area contributed by atoms with Gasteiger partial charge in [0.2, 0.25) is 0 Å². The highest BCUT2D eigenvalue weighted by Crippen LogP contribution is 2.20. The van der Waals surface area contributed by atoms with Crippen molar-refractivity contribution in [2.75, 3.05) is 11.3 Å². The summed E-state index contributed by atoms with van der Waals surface area (Å²) in [6, 6.07) is 11.0. The molecular formula is C17H18N2O5S. The van der Waals surface area contributed by atoms with E-state index >= 15 is 0 Å². The average Bonchev–Trinajstić information content (AvgIpc) is 2.52. The van der Waals surface area contributed by atoms with Crippen molar-refractivity contribution in [3.8, 4) is 0 Å². The van der Waals surface area contributed by atoms with E-state index in [4.69, 9.17) is 10.5 Å². The van der Waals surface area contributed by atoms with E-state index in [2.05, 4.69) is 4.72 Å². The zero-order valence-corrected chi connectivity index (χ0v) is 14.6. The van der Waals surface area contributed by atoms with E-state index in [-0.39, 0.29) is 10.5 Å². The molecule has 2 rings (SSSR count). The number of nitrogens with two attached hydrogens (primary N) is 1. The van der Waals surface area contributed by atoms with Crippen LogP contribution in [0.5, 0.6) is 0 Å². The zero-order chi connectivity index (χ0) is 18.6. The molecular weight excluding hydrogens is 344 g/mol. The molecule has 0 fully saturated rings.